The van der Waals surface area contributed by atoms with Gasteiger partial charge in [0.15, 0.2) is 11.0 Å². The third kappa shape index (κ3) is 4.62. The SMILES string of the molecule is Cc1cc(-c2nnc(SCc3ccc(Cl)cc3)n2-c2cccc(C(F)(F)F)c2)nn1C. The van der Waals surface area contributed by atoms with E-state index in [1.807, 2.05) is 25.1 Å². The molecule has 4 rings (SSSR count). The fourth-order valence-corrected chi connectivity index (χ4v) is 4.02. The van der Waals surface area contributed by atoms with Gasteiger partial charge >= 0.3 is 6.18 Å². The number of alkyl halides is 3. The first-order chi connectivity index (χ1) is 14.7. The third-order valence-electron chi connectivity index (χ3n) is 4.69. The Morgan fingerprint density at radius 2 is 1.77 bits per heavy atom. The molecule has 0 aliphatic rings. The number of hydrogen-bond donors (Lipinski definition) is 0. The van der Waals surface area contributed by atoms with Crippen LogP contribution >= 0.6 is 23.4 Å². The molecule has 2 heterocycles. The molecule has 0 saturated heterocycles. The van der Waals surface area contributed by atoms with E-state index in [1.54, 1.807) is 34.5 Å². The Hall–Kier alpha value is -2.78. The van der Waals surface area contributed by atoms with Gasteiger partial charge in [0.25, 0.3) is 0 Å². The molecule has 0 fully saturated rings. The molecule has 0 amide bonds. The van der Waals surface area contributed by atoms with Gasteiger partial charge in [0.1, 0.15) is 5.69 Å². The number of benzene rings is 2. The zero-order valence-electron chi connectivity index (χ0n) is 16.6. The molecule has 5 nitrogen and oxygen atoms in total. The van der Waals surface area contributed by atoms with E-state index in [0.717, 1.165) is 23.4 Å². The Bertz CT molecular complexity index is 1200. The molecule has 0 unspecified atom stereocenters. The largest absolute Gasteiger partial charge is 0.416 e. The summed E-state index contributed by atoms with van der Waals surface area (Å²) in [5, 5.41) is 14.0. The molecule has 2 aromatic heterocycles. The molecule has 0 saturated carbocycles. The number of thioether (sulfide) groups is 1. The predicted octanol–water partition coefficient (Wildman–Crippen LogP) is 5.94. The average Bonchev–Trinajstić information content (AvgIpc) is 3.30. The summed E-state index contributed by atoms with van der Waals surface area (Å²) in [7, 11) is 1.79. The van der Waals surface area contributed by atoms with Crippen molar-refractivity contribution in [2.45, 2.75) is 24.0 Å². The van der Waals surface area contributed by atoms with Crippen molar-refractivity contribution in [1.82, 2.24) is 24.5 Å². The molecular formula is C21H17ClF3N5S. The van der Waals surface area contributed by atoms with Crippen molar-refractivity contribution in [3.05, 3.63) is 76.4 Å². The lowest BCUT2D eigenvalue weighted by Crippen LogP contribution is -2.07. The van der Waals surface area contributed by atoms with Crippen molar-refractivity contribution in [3.63, 3.8) is 0 Å². The van der Waals surface area contributed by atoms with Gasteiger partial charge in [-0.1, -0.05) is 41.6 Å². The lowest BCUT2D eigenvalue weighted by atomic mass is 10.2. The van der Waals surface area contributed by atoms with Crippen LogP contribution in [0.15, 0.2) is 59.8 Å². The highest BCUT2D eigenvalue weighted by atomic mass is 35.5. The van der Waals surface area contributed by atoms with Gasteiger partial charge in [-0.25, -0.2) is 0 Å². The number of hydrogen-bond acceptors (Lipinski definition) is 4. The van der Waals surface area contributed by atoms with Crippen LogP contribution in [-0.4, -0.2) is 24.5 Å². The maximum atomic E-state index is 13.3. The van der Waals surface area contributed by atoms with Crippen molar-refractivity contribution in [2.24, 2.45) is 7.05 Å². The summed E-state index contributed by atoms with van der Waals surface area (Å²) in [5.74, 6) is 0.928. The van der Waals surface area contributed by atoms with E-state index in [4.69, 9.17) is 11.6 Å². The first kappa shape index (κ1) is 21.5. The second kappa shape index (κ2) is 8.39. The minimum Gasteiger partial charge on any atom is -0.272 e. The van der Waals surface area contributed by atoms with Crippen LogP contribution in [-0.2, 0) is 19.0 Å². The van der Waals surface area contributed by atoms with Crippen LogP contribution in [0.5, 0.6) is 0 Å². The first-order valence-electron chi connectivity index (χ1n) is 9.23. The van der Waals surface area contributed by atoms with Crippen molar-refractivity contribution in [2.75, 3.05) is 0 Å². The Morgan fingerprint density at radius 1 is 1.03 bits per heavy atom. The highest BCUT2D eigenvalue weighted by Gasteiger charge is 2.31. The van der Waals surface area contributed by atoms with Crippen LogP contribution in [0.3, 0.4) is 0 Å². The average molecular weight is 464 g/mol. The van der Waals surface area contributed by atoms with Gasteiger partial charge in [-0.2, -0.15) is 18.3 Å². The molecule has 0 aliphatic heterocycles. The van der Waals surface area contributed by atoms with Crippen LogP contribution < -0.4 is 0 Å². The molecule has 0 aliphatic carbocycles. The van der Waals surface area contributed by atoms with E-state index in [9.17, 15) is 13.2 Å². The van der Waals surface area contributed by atoms with E-state index < -0.39 is 11.7 Å². The fraction of sp³-hybridized carbons (Fsp3) is 0.190. The predicted molar refractivity (Wildman–Crippen MR) is 114 cm³/mol. The quantitative estimate of drug-likeness (QED) is 0.344. The minimum atomic E-state index is -4.46. The summed E-state index contributed by atoms with van der Waals surface area (Å²) < 4.78 is 43.2. The highest BCUT2D eigenvalue weighted by molar-refractivity contribution is 7.98. The van der Waals surface area contributed by atoms with Crippen molar-refractivity contribution in [3.8, 4) is 17.2 Å². The number of nitrogens with zero attached hydrogens (tertiary/aromatic N) is 5. The van der Waals surface area contributed by atoms with Gasteiger partial charge in [-0.3, -0.25) is 9.25 Å². The Balaban J connectivity index is 1.78. The minimum absolute atomic E-state index is 0.316. The van der Waals surface area contributed by atoms with Gasteiger partial charge in [-0.05, 0) is 48.9 Å². The van der Waals surface area contributed by atoms with Gasteiger partial charge in [0.2, 0.25) is 0 Å². The van der Waals surface area contributed by atoms with Crippen LogP contribution in [0.1, 0.15) is 16.8 Å². The van der Waals surface area contributed by atoms with E-state index in [-0.39, 0.29) is 0 Å². The summed E-state index contributed by atoms with van der Waals surface area (Å²) in [4.78, 5) is 0. The topological polar surface area (TPSA) is 48.5 Å². The van der Waals surface area contributed by atoms with Crippen molar-refractivity contribution < 1.29 is 13.2 Å². The normalized spacial score (nSPS) is 11.8. The maximum Gasteiger partial charge on any atom is 0.416 e. The van der Waals surface area contributed by atoms with Crippen LogP contribution in [0.2, 0.25) is 5.02 Å². The monoisotopic (exact) mass is 463 g/mol. The number of aromatic nitrogens is 5. The van der Waals surface area contributed by atoms with E-state index in [1.165, 1.54) is 17.8 Å². The highest BCUT2D eigenvalue weighted by Crippen LogP contribution is 2.34. The summed E-state index contributed by atoms with van der Waals surface area (Å²) in [6.07, 6.45) is -4.46. The second-order valence-corrected chi connectivity index (χ2v) is 8.28. The molecule has 160 valence electrons. The standard InChI is InChI=1S/C21H17ClF3N5S/c1-13-10-18(28-29(13)2)19-26-27-20(31-12-14-6-8-16(22)9-7-14)30(19)17-5-3-4-15(11-17)21(23,24)25/h3-11H,12H2,1-2H3. The van der Waals surface area contributed by atoms with E-state index >= 15 is 0 Å². The Kier molecular flexibility index (Phi) is 5.81. The summed E-state index contributed by atoms with van der Waals surface area (Å²) >= 11 is 7.31. The smallest absolute Gasteiger partial charge is 0.272 e. The number of rotatable bonds is 5. The van der Waals surface area contributed by atoms with Gasteiger partial charge in [-0.15, -0.1) is 10.2 Å². The van der Waals surface area contributed by atoms with E-state index in [2.05, 4.69) is 15.3 Å². The zero-order valence-corrected chi connectivity index (χ0v) is 18.1. The van der Waals surface area contributed by atoms with Gasteiger partial charge < -0.3 is 0 Å². The number of halogens is 4. The Morgan fingerprint density at radius 3 is 2.42 bits per heavy atom. The molecule has 2 aromatic carbocycles. The molecular weight excluding hydrogens is 447 g/mol. The van der Waals surface area contributed by atoms with Crippen molar-refractivity contribution >= 4 is 23.4 Å². The van der Waals surface area contributed by atoms with Crippen LogP contribution in [0.25, 0.3) is 17.2 Å². The molecule has 10 heteroatoms. The number of aryl methyl sites for hydroxylation is 2. The van der Waals surface area contributed by atoms with Gasteiger partial charge in [0.05, 0.1) is 11.3 Å². The maximum absolute atomic E-state index is 13.3. The summed E-state index contributed by atoms with van der Waals surface area (Å²) in [6.45, 7) is 1.89. The third-order valence-corrected chi connectivity index (χ3v) is 5.94. The molecule has 0 N–H and O–H groups in total. The lowest BCUT2D eigenvalue weighted by Gasteiger charge is -2.12. The van der Waals surface area contributed by atoms with Crippen LogP contribution in [0.4, 0.5) is 13.2 Å². The van der Waals surface area contributed by atoms with Crippen LogP contribution in [0, 0.1) is 6.92 Å². The fourth-order valence-electron chi connectivity index (χ4n) is 2.98. The molecule has 31 heavy (non-hydrogen) atoms. The molecule has 0 bridgehead atoms. The molecule has 4 aromatic rings. The zero-order chi connectivity index (χ0) is 22.2. The summed E-state index contributed by atoms with van der Waals surface area (Å²) in [6, 6.07) is 14.3. The van der Waals surface area contributed by atoms with E-state index in [0.29, 0.717) is 33.1 Å². The molecule has 0 atom stereocenters. The Labute approximate surface area is 185 Å². The van der Waals surface area contributed by atoms with Crippen molar-refractivity contribution in [1.29, 1.82) is 0 Å². The second-order valence-electron chi connectivity index (χ2n) is 6.90. The molecule has 0 spiro atoms. The van der Waals surface area contributed by atoms with Gasteiger partial charge in [0, 0.05) is 23.5 Å². The molecule has 0 radical (unpaired) electrons. The first-order valence-corrected chi connectivity index (χ1v) is 10.6. The lowest BCUT2D eigenvalue weighted by molar-refractivity contribution is -0.137. The summed E-state index contributed by atoms with van der Waals surface area (Å²) in [5.41, 5.74) is 2.00.